The molecular weight excluding hydrogens is 317 g/mol. The Hall–Kier alpha value is 0. The number of hydrogen-bond acceptors (Lipinski definition) is 2. The van der Waals surface area contributed by atoms with Gasteiger partial charge in [0.2, 0.25) is 0 Å². The molecule has 16 heavy (non-hydrogen) atoms. The number of ether oxygens (including phenoxy) is 1. The van der Waals surface area contributed by atoms with Crippen LogP contribution >= 0.6 is 22.6 Å². The third-order valence-electron chi connectivity index (χ3n) is 3.35. The molecule has 0 aromatic carbocycles. The van der Waals surface area contributed by atoms with E-state index < -0.39 is 0 Å². The minimum atomic E-state index is -0.374. The fourth-order valence-corrected chi connectivity index (χ4v) is 4.01. The number of carbonyl (C=O) groups is 1. The van der Waals surface area contributed by atoms with Gasteiger partial charge in [0, 0.05) is 17.0 Å². The number of hydrogen-bond donors (Lipinski definition) is 0. The highest BCUT2D eigenvalue weighted by atomic mass is 127. The maximum atomic E-state index is 11.9. The third kappa shape index (κ3) is 2.81. The maximum Gasteiger partial charge on any atom is 0.410 e. The van der Waals surface area contributed by atoms with Crippen LogP contribution in [0, 0.1) is 11.8 Å². The molecule has 2 fully saturated rings. The zero-order valence-corrected chi connectivity index (χ0v) is 12.4. The Bertz CT molecular complexity index is 273. The molecule has 1 amide bonds. The van der Waals surface area contributed by atoms with Crippen LogP contribution in [0.25, 0.3) is 0 Å². The normalized spacial score (nSPS) is 34.0. The van der Waals surface area contributed by atoms with Crippen LogP contribution < -0.4 is 0 Å². The summed E-state index contributed by atoms with van der Waals surface area (Å²) in [5.41, 5.74) is -0.374. The summed E-state index contributed by atoms with van der Waals surface area (Å²) < 4.78 is 6.21. The first-order chi connectivity index (χ1) is 7.35. The second kappa shape index (κ2) is 4.35. The van der Waals surface area contributed by atoms with E-state index in [0.29, 0.717) is 0 Å². The average Bonchev–Trinajstić information content (AvgIpc) is 2.56. The van der Waals surface area contributed by atoms with Crippen LogP contribution in [-0.2, 0) is 4.74 Å². The van der Waals surface area contributed by atoms with E-state index in [-0.39, 0.29) is 11.7 Å². The summed E-state index contributed by atoms with van der Waals surface area (Å²) in [5.74, 6) is 1.43. The molecule has 3 nitrogen and oxygen atoms in total. The summed E-state index contributed by atoms with van der Waals surface area (Å²) in [6.45, 7) is 7.56. The molecule has 1 saturated heterocycles. The van der Waals surface area contributed by atoms with Crippen molar-refractivity contribution in [3.05, 3.63) is 0 Å². The fourth-order valence-electron chi connectivity index (χ4n) is 2.70. The van der Waals surface area contributed by atoms with Gasteiger partial charge in [-0.2, -0.15) is 0 Å². The largest absolute Gasteiger partial charge is 0.444 e. The summed E-state index contributed by atoms with van der Waals surface area (Å²) in [4.78, 5) is 13.8. The maximum absolute atomic E-state index is 11.9. The van der Waals surface area contributed by atoms with Gasteiger partial charge in [0.25, 0.3) is 0 Å². The number of likely N-dealkylation sites (tertiary alicyclic amines) is 1. The van der Waals surface area contributed by atoms with Crippen molar-refractivity contribution < 1.29 is 9.53 Å². The van der Waals surface area contributed by atoms with E-state index in [2.05, 4.69) is 22.6 Å². The summed E-state index contributed by atoms with van der Waals surface area (Å²) >= 11 is 2.53. The van der Waals surface area contributed by atoms with E-state index in [0.717, 1.165) is 28.8 Å². The molecular formula is C12H20INO2. The summed E-state index contributed by atoms with van der Waals surface area (Å²) in [6.07, 6.45) is 2.40. The Balaban J connectivity index is 1.88. The van der Waals surface area contributed by atoms with Crippen molar-refractivity contribution in [3.8, 4) is 0 Å². The molecule has 1 saturated carbocycles. The smallest absolute Gasteiger partial charge is 0.410 e. The van der Waals surface area contributed by atoms with Gasteiger partial charge in [-0.15, -0.1) is 0 Å². The van der Waals surface area contributed by atoms with Crippen molar-refractivity contribution in [1.29, 1.82) is 0 Å². The first kappa shape index (κ1) is 12.5. The van der Waals surface area contributed by atoms with E-state index in [1.165, 1.54) is 12.8 Å². The second-order valence-electron chi connectivity index (χ2n) is 5.97. The third-order valence-corrected chi connectivity index (χ3v) is 4.36. The highest BCUT2D eigenvalue weighted by molar-refractivity contribution is 14.1. The molecule has 0 radical (unpaired) electrons. The molecule has 0 N–H and O–H groups in total. The number of rotatable bonds is 0. The Morgan fingerprint density at radius 2 is 1.75 bits per heavy atom. The van der Waals surface area contributed by atoms with Gasteiger partial charge in [0.15, 0.2) is 0 Å². The van der Waals surface area contributed by atoms with E-state index in [9.17, 15) is 4.79 Å². The minimum absolute atomic E-state index is 0.132. The van der Waals surface area contributed by atoms with E-state index in [1.54, 1.807) is 0 Å². The first-order valence-corrected chi connectivity index (χ1v) is 7.22. The zero-order chi connectivity index (χ0) is 11.9. The van der Waals surface area contributed by atoms with Crippen LogP contribution in [0.1, 0.15) is 33.6 Å². The molecule has 0 aromatic heterocycles. The zero-order valence-electron chi connectivity index (χ0n) is 10.2. The molecule has 1 aliphatic carbocycles. The lowest BCUT2D eigenvalue weighted by Crippen LogP contribution is -2.36. The Morgan fingerprint density at radius 3 is 2.19 bits per heavy atom. The van der Waals surface area contributed by atoms with E-state index >= 15 is 0 Å². The molecule has 3 atom stereocenters. The summed E-state index contributed by atoms with van der Waals surface area (Å²) in [7, 11) is 0. The van der Waals surface area contributed by atoms with Crippen molar-refractivity contribution in [2.45, 2.75) is 43.1 Å². The number of carbonyl (C=O) groups excluding carboxylic acids is 1. The second-order valence-corrected chi connectivity index (χ2v) is 7.74. The topological polar surface area (TPSA) is 29.5 Å². The molecule has 0 spiro atoms. The molecule has 1 unspecified atom stereocenters. The van der Waals surface area contributed by atoms with Gasteiger partial charge in [-0.3, -0.25) is 0 Å². The average molecular weight is 337 g/mol. The standard InChI is InChI=1S/C12H20INO2/c1-12(2,3)16-11(15)14-6-8-4-10(13)5-9(8)7-14/h8-10H,4-7H2,1-3H3/t8-,9+,10?. The quantitative estimate of drug-likeness (QED) is 0.502. The number of halogens is 1. The van der Waals surface area contributed by atoms with Crippen LogP contribution in [0.5, 0.6) is 0 Å². The van der Waals surface area contributed by atoms with E-state index in [4.69, 9.17) is 4.74 Å². The molecule has 1 heterocycles. The van der Waals surface area contributed by atoms with Crippen molar-refractivity contribution in [2.75, 3.05) is 13.1 Å². The molecule has 92 valence electrons. The van der Waals surface area contributed by atoms with Gasteiger partial charge < -0.3 is 9.64 Å². The lowest BCUT2D eigenvalue weighted by Gasteiger charge is -2.25. The Labute approximate surface area is 111 Å². The monoisotopic (exact) mass is 337 g/mol. The SMILES string of the molecule is CC(C)(C)OC(=O)N1C[C@H]2CC(I)C[C@H]2C1. The van der Waals surface area contributed by atoms with Crippen molar-refractivity contribution in [1.82, 2.24) is 4.90 Å². The minimum Gasteiger partial charge on any atom is -0.444 e. The molecule has 0 bridgehead atoms. The van der Waals surface area contributed by atoms with Gasteiger partial charge in [0.05, 0.1) is 0 Å². The lowest BCUT2D eigenvalue weighted by atomic mass is 10.0. The van der Waals surface area contributed by atoms with Gasteiger partial charge in [-0.25, -0.2) is 4.79 Å². The number of fused-ring (bicyclic) bond motifs is 1. The molecule has 0 aromatic rings. The first-order valence-electron chi connectivity index (χ1n) is 5.97. The molecule has 1 aliphatic heterocycles. The number of nitrogens with zero attached hydrogens (tertiary/aromatic N) is 1. The predicted molar refractivity (Wildman–Crippen MR) is 71.8 cm³/mol. The van der Waals surface area contributed by atoms with Crippen LogP contribution in [0.15, 0.2) is 0 Å². The van der Waals surface area contributed by atoms with Crippen molar-refractivity contribution >= 4 is 28.7 Å². The number of amides is 1. The summed E-state index contributed by atoms with van der Waals surface area (Å²) in [5, 5.41) is 0. The van der Waals surface area contributed by atoms with Crippen LogP contribution in [0.2, 0.25) is 0 Å². The van der Waals surface area contributed by atoms with Crippen molar-refractivity contribution in [3.63, 3.8) is 0 Å². The van der Waals surface area contributed by atoms with Gasteiger partial charge in [-0.1, -0.05) is 22.6 Å². The Kier molecular flexibility index (Phi) is 3.39. The molecule has 4 heteroatoms. The van der Waals surface area contributed by atoms with Crippen molar-refractivity contribution in [2.24, 2.45) is 11.8 Å². The van der Waals surface area contributed by atoms with Gasteiger partial charge in [0.1, 0.15) is 5.60 Å². The van der Waals surface area contributed by atoms with Crippen LogP contribution in [0.3, 0.4) is 0 Å². The Morgan fingerprint density at radius 1 is 1.25 bits per heavy atom. The molecule has 2 rings (SSSR count). The predicted octanol–water partition coefficient (Wildman–Crippen LogP) is 3.07. The number of alkyl halides is 1. The lowest BCUT2D eigenvalue weighted by molar-refractivity contribution is 0.0281. The molecule has 2 aliphatic rings. The summed E-state index contributed by atoms with van der Waals surface area (Å²) in [6, 6.07) is 0. The fraction of sp³-hybridized carbons (Fsp3) is 0.917. The van der Waals surface area contributed by atoms with Gasteiger partial charge in [-0.05, 0) is 45.4 Å². The van der Waals surface area contributed by atoms with Gasteiger partial charge >= 0.3 is 6.09 Å². The van der Waals surface area contributed by atoms with E-state index in [1.807, 2.05) is 25.7 Å². The van der Waals surface area contributed by atoms with Crippen LogP contribution in [0.4, 0.5) is 4.79 Å². The highest BCUT2D eigenvalue weighted by Gasteiger charge is 2.42. The highest BCUT2D eigenvalue weighted by Crippen LogP contribution is 2.41. The van der Waals surface area contributed by atoms with Crippen LogP contribution in [-0.4, -0.2) is 33.6 Å².